The molecule has 0 unspecified atom stereocenters. The predicted molar refractivity (Wildman–Crippen MR) is 257 cm³/mol. The highest BCUT2D eigenvalue weighted by Crippen LogP contribution is 2.55. The molecule has 0 aromatic heterocycles. The molecule has 10 heteroatoms. The Labute approximate surface area is 395 Å². The van der Waals surface area contributed by atoms with Gasteiger partial charge in [-0.25, -0.2) is 0 Å². The second-order valence-corrected chi connectivity index (χ2v) is 19.7. The molecule has 0 heterocycles. The fourth-order valence-electron chi connectivity index (χ4n) is 7.86. The number of benzene rings is 6. The maximum atomic E-state index is 14.6. The zero-order valence-corrected chi connectivity index (χ0v) is 39.4. The molecule has 0 atom stereocenters. The number of carbonyl (C=O) groups excluding carboxylic acids is 4. The van der Waals surface area contributed by atoms with Gasteiger partial charge in [-0.1, -0.05) is 146 Å². The average Bonchev–Trinajstić information content (AvgIpc) is 3.34. The maximum absolute atomic E-state index is 14.6. The Balaban J connectivity index is 0.00000793. The highest BCUT2D eigenvalue weighted by molar-refractivity contribution is 7.95. The number of aryl methyl sites for hydroxylation is 3. The van der Waals surface area contributed by atoms with Crippen molar-refractivity contribution < 1.29 is 50.4 Å². The first kappa shape index (κ1) is 50.1. The zero-order chi connectivity index (χ0) is 44.7. The molecule has 65 heavy (non-hydrogen) atoms. The van der Waals surface area contributed by atoms with Crippen LogP contribution in [-0.2, 0) is 52.7 Å². The van der Waals surface area contributed by atoms with Crippen LogP contribution in [-0.4, -0.2) is 55.3 Å². The lowest BCUT2D eigenvalue weighted by Crippen LogP contribution is -3.00. The van der Waals surface area contributed by atoms with Crippen molar-refractivity contribution in [2.75, 3.05) is 26.0 Å². The third-order valence-electron chi connectivity index (χ3n) is 11.3. The Bertz CT molecular complexity index is 2070. The van der Waals surface area contributed by atoms with Crippen molar-refractivity contribution in [3.63, 3.8) is 0 Å². The fourth-order valence-corrected chi connectivity index (χ4v) is 12.1. The molecule has 6 aromatic carbocycles. The summed E-state index contributed by atoms with van der Waals surface area (Å²) in [6.07, 6.45) is 4.69. The van der Waals surface area contributed by atoms with E-state index in [4.69, 9.17) is 14.2 Å². The molecule has 0 fully saturated rings. The molecule has 1 N–H and O–H groups in total. The van der Waals surface area contributed by atoms with Crippen LogP contribution in [0.2, 0.25) is 0 Å². The summed E-state index contributed by atoms with van der Waals surface area (Å²) in [4.78, 5) is 54.7. The summed E-state index contributed by atoms with van der Waals surface area (Å²) in [5, 5.41) is 6.50. The number of carbonyl (C=O) groups is 4. The van der Waals surface area contributed by atoms with Gasteiger partial charge in [-0.3, -0.25) is 19.2 Å². The molecule has 0 aliphatic rings. The van der Waals surface area contributed by atoms with Gasteiger partial charge < -0.3 is 36.5 Å². The Morgan fingerprint density at radius 3 is 0.969 bits per heavy atom. The molecule has 0 saturated heterocycles. The normalized spacial score (nSPS) is 11.1. The zero-order valence-electron chi connectivity index (χ0n) is 36.9. The molecule has 1 amide bonds. The van der Waals surface area contributed by atoms with E-state index in [2.05, 4.69) is 41.7 Å². The smallest absolute Gasteiger partial charge is 0.305 e. The van der Waals surface area contributed by atoms with E-state index in [-0.39, 0.29) is 68.4 Å². The Hall–Kier alpha value is -5.89. The maximum Gasteiger partial charge on any atom is 0.305 e. The minimum atomic E-state index is -2.40. The van der Waals surface area contributed by atoms with Gasteiger partial charge in [0.2, 0.25) is 5.91 Å². The highest BCUT2D eigenvalue weighted by Gasteiger charge is 2.46. The van der Waals surface area contributed by atoms with Crippen LogP contribution in [0.3, 0.4) is 0 Å². The molecule has 6 rings (SSSR count). The molecular weight excluding hydrogens is 897 g/mol. The van der Waals surface area contributed by atoms with Gasteiger partial charge in [0, 0.05) is 19.3 Å². The van der Waals surface area contributed by atoms with Crippen LogP contribution in [0.25, 0.3) is 0 Å². The number of esters is 3. The van der Waals surface area contributed by atoms with Crippen molar-refractivity contribution >= 4 is 47.0 Å². The number of amides is 1. The summed E-state index contributed by atoms with van der Waals surface area (Å²) in [6.45, 7) is -1.10. The number of hydrogen-bond donors (Lipinski definition) is 1. The second kappa shape index (κ2) is 26.8. The van der Waals surface area contributed by atoms with Gasteiger partial charge in [0.05, 0.1) is 12.6 Å². The van der Waals surface area contributed by atoms with E-state index < -0.39 is 30.7 Å². The first-order chi connectivity index (χ1) is 31.3. The highest BCUT2D eigenvalue weighted by atomic mass is 79.9. The fraction of sp³-hybridized carbons (Fsp3) is 0.273. The lowest BCUT2D eigenvalue weighted by molar-refractivity contribution is -0.159. The van der Waals surface area contributed by atoms with E-state index in [0.717, 1.165) is 32.6 Å². The SMILES string of the molecule is O=C(CC[P+](c1ccccc1)(c1ccccc1)c1ccccc1)NC(COC(=O)CCCc1ccccc1)(COC(=O)CCCc1ccccc1)COC(=O)CCCc1ccccc1.[Br-]. The summed E-state index contributed by atoms with van der Waals surface area (Å²) in [5.41, 5.74) is 1.76. The first-order valence-corrected chi connectivity index (χ1v) is 24.3. The van der Waals surface area contributed by atoms with Crippen molar-refractivity contribution in [3.8, 4) is 0 Å². The van der Waals surface area contributed by atoms with E-state index in [1.54, 1.807) is 0 Å². The largest absolute Gasteiger partial charge is 1.00 e. The third kappa shape index (κ3) is 15.9. The lowest BCUT2D eigenvalue weighted by Gasteiger charge is -2.34. The summed E-state index contributed by atoms with van der Waals surface area (Å²) >= 11 is 0. The van der Waals surface area contributed by atoms with Crippen LogP contribution in [0.15, 0.2) is 182 Å². The van der Waals surface area contributed by atoms with Crippen molar-refractivity contribution in [3.05, 3.63) is 199 Å². The monoisotopic (exact) mass is 955 g/mol. The van der Waals surface area contributed by atoms with Crippen LogP contribution >= 0.6 is 7.26 Å². The predicted octanol–water partition coefficient (Wildman–Crippen LogP) is 5.93. The van der Waals surface area contributed by atoms with Gasteiger partial charge in [0.15, 0.2) is 0 Å². The lowest BCUT2D eigenvalue weighted by atomic mass is 10.0. The Morgan fingerprint density at radius 2 is 0.677 bits per heavy atom. The van der Waals surface area contributed by atoms with Crippen molar-refractivity contribution in [1.82, 2.24) is 5.32 Å². The minimum Gasteiger partial charge on any atom is -1.00 e. The van der Waals surface area contributed by atoms with Crippen LogP contribution in [0.5, 0.6) is 0 Å². The van der Waals surface area contributed by atoms with Crippen LogP contribution in [0, 0.1) is 0 Å². The second-order valence-electron chi connectivity index (χ2n) is 16.1. The van der Waals surface area contributed by atoms with Gasteiger partial charge >= 0.3 is 17.9 Å². The van der Waals surface area contributed by atoms with E-state index in [1.165, 1.54) is 0 Å². The summed E-state index contributed by atoms with van der Waals surface area (Å²) in [5.74, 6) is -1.77. The van der Waals surface area contributed by atoms with Crippen LogP contribution < -0.4 is 38.2 Å². The number of rotatable bonds is 25. The van der Waals surface area contributed by atoms with Crippen molar-refractivity contribution in [1.29, 1.82) is 0 Å². The molecule has 338 valence electrons. The van der Waals surface area contributed by atoms with Crippen molar-refractivity contribution in [2.45, 2.75) is 69.7 Å². The van der Waals surface area contributed by atoms with E-state index in [9.17, 15) is 19.2 Å². The number of halogens is 1. The quantitative estimate of drug-likeness (QED) is 0.0431. The number of nitrogens with one attached hydrogen (secondary N) is 1. The number of hydrogen-bond acceptors (Lipinski definition) is 7. The topological polar surface area (TPSA) is 108 Å². The van der Waals surface area contributed by atoms with Gasteiger partial charge in [0.1, 0.15) is 48.5 Å². The van der Waals surface area contributed by atoms with Gasteiger partial charge in [-0.2, -0.15) is 0 Å². The molecule has 0 bridgehead atoms. The van der Waals surface area contributed by atoms with E-state index in [1.807, 2.05) is 146 Å². The Morgan fingerprint density at radius 1 is 0.400 bits per heavy atom. The average molecular weight is 957 g/mol. The van der Waals surface area contributed by atoms with Crippen molar-refractivity contribution in [2.24, 2.45) is 0 Å². The molecular formula is C55H59BrNO7P. The van der Waals surface area contributed by atoms with Gasteiger partial charge in [0.25, 0.3) is 0 Å². The molecule has 0 spiro atoms. The molecule has 0 aliphatic heterocycles. The van der Waals surface area contributed by atoms with Crippen LogP contribution in [0.4, 0.5) is 0 Å². The number of ether oxygens (including phenoxy) is 3. The Kier molecular flexibility index (Phi) is 20.7. The minimum absolute atomic E-state index is 0. The molecule has 6 aromatic rings. The molecule has 8 nitrogen and oxygen atoms in total. The summed E-state index contributed by atoms with van der Waals surface area (Å²) in [6, 6.07) is 60.6. The first-order valence-electron chi connectivity index (χ1n) is 22.3. The standard InChI is InChI=1S/C55H58NO7P.BrH/c57-51(40-41-64(48-31-13-4-14-32-48,49-33-15-5-16-34-49)50-35-17-6-18-36-50)56-55(42-61-52(58)37-19-28-45-22-7-1-8-23-45,43-62-53(59)38-20-29-46-24-9-2-10-25-46)44-63-54(60)39-21-30-47-26-11-3-12-27-47;/h1-18,22-27,31-36H,19-21,28-30,37-44H2;1H. The van der Waals surface area contributed by atoms with E-state index in [0.29, 0.717) is 44.7 Å². The van der Waals surface area contributed by atoms with Gasteiger partial charge in [-0.05, 0) is 91.6 Å². The summed E-state index contributed by atoms with van der Waals surface area (Å²) in [7, 11) is -2.40. The summed E-state index contributed by atoms with van der Waals surface area (Å²) < 4.78 is 17.7. The molecule has 0 aliphatic carbocycles. The van der Waals surface area contributed by atoms with E-state index >= 15 is 0 Å². The van der Waals surface area contributed by atoms with Crippen LogP contribution in [0.1, 0.15) is 61.6 Å². The molecule has 0 saturated carbocycles. The third-order valence-corrected chi connectivity index (χ3v) is 15.7. The molecule has 0 radical (unpaired) electrons. The van der Waals surface area contributed by atoms with Gasteiger partial charge in [-0.15, -0.1) is 0 Å².